The van der Waals surface area contributed by atoms with Crippen LogP contribution < -0.4 is 5.63 Å². The van der Waals surface area contributed by atoms with Crippen LogP contribution in [0.5, 0.6) is 5.75 Å². The zero-order valence-corrected chi connectivity index (χ0v) is 12.0. The topological polar surface area (TPSA) is 50.4 Å². The SMILES string of the molecule is CCc1cccc(-c2cc3ccc(O)cc3c(=O)o2)c1C. The third-order valence-corrected chi connectivity index (χ3v) is 3.84. The van der Waals surface area contributed by atoms with Crippen LogP contribution in [0.4, 0.5) is 0 Å². The number of rotatable bonds is 2. The number of phenolic OH excluding ortho intramolecular Hbond substituents is 1. The Bertz CT molecular complexity index is 875. The zero-order chi connectivity index (χ0) is 15.0. The molecular weight excluding hydrogens is 264 g/mol. The summed E-state index contributed by atoms with van der Waals surface area (Å²) in [5.41, 5.74) is 2.86. The summed E-state index contributed by atoms with van der Waals surface area (Å²) in [7, 11) is 0. The van der Waals surface area contributed by atoms with Gasteiger partial charge < -0.3 is 9.52 Å². The normalized spacial score (nSPS) is 11.0. The summed E-state index contributed by atoms with van der Waals surface area (Å²) in [5, 5.41) is 10.6. The molecule has 0 bridgehead atoms. The lowest BCUT2D eigenvalue weighted by molar-refractivity contribution is 0.475. The van der Waals surface area contributed by atoms with Crippen molar-refractivity contribution < 1.29 is 9.52 Å². The third-order valence-electron chi connectivity index (χ3n) is 3.84. The van der Waals surface area contributed by atoms with E-state index in [1.165, 1.54) is 11.6 Å². The van der Waals surface area contributed by atoms with Crippen molar-refractivity contribution >= 4 is 10.8 Å². The second-order valence-corrected chi connectivity index (χ2v) is 5.11. The molecule has 1 heterocycles. The lowest BCUT2D eigenvalue weighted by Crippen LogP contribution is -2.01. The first-order valence-corrected chi connectivity index (χ1v) is 6.96. The van der Waals surface area contributed by atoms with Gasteiger partial charge in [-0.2, -0.15) is 0 Å². The quantitative estimate of drug-likeness (QED) is 0.770. The van der Waals surface area contributed by atoms with Crippen molar-refractivity contribution in [3.05, 3.63) is 64.0 Å². The van der Waals surface area contributed by atoms with Crippen LogP contribution in [0.15, 0.2) is 51.7 Å². The number of benzene rings is 2. The highest BCUT2D eigenvalue weighted by Crippen LogP contribution is 2.28. The molecule has 0 fully saturated rings. The molecule has 3 aromatic rings. The van der Waals surface area contributed by atoms with Crippen molar-refractivity contribution in [1.29, 1.82) is 0 Å². The Morgan fingerprint density at radius 3 is 2.71 bits per heavy atom. The van der Waals surface area contributed by atoms with E-state index in [0.717, 1.165) is 22.9 Å². The first kappa shape index (κ1) is 13.4. The molecule has 0 radical (unpaired) electrons. The highest BCUT2D eigenvalue weighted by Gasteiger charge is 2.11. The van der Waals surface area contributed by atoms with Gasteiger partial charge >= 0.3 is 5.63 Å². The second-order valence-electron chi connectivity index (χ2n) is 5.11. The maximum atomic E-state index is 12.1. The van der Waals surface area contributed by atoms with Crippen molar-refractivity contribution in [2.75, 3.05) is 0 Å². The van der Waals surface area contributed by atoms with Crippen LogP contribution in [0.1, 0.15) is 18.1 Å². The number of fused-ring (bicyclic) bond motifs is 1. The Morgan fingerprint density at radius 1 is 1.14 bits per heavy atom. The van der Waals surface area contributed by atoms with Gasteiger partial charge in [-0.3, -0.25) is 0 Å². The van der Waals surface area contributed by atoms with Gasteiger partial charge in [0.2, 0.25) is 0 Å². The van der Waals surface area contributed by atoms with Gasteiger partial charge in [0, 0.05) is 5.56 Å². The van der Waals surface area contributed by atoms with E-state index in [2.05, 4.69) is 13.0 Å². The van der Waals surface area contributed by atoms with Gasteiger partial charge in [-0.05, 0) is 48.1 Å². The third kappa shape index (κ3) is 2.31. The minimum Gasteiger partial charge on any atom is -0.508 e. The standard InChI is InChI=1S/C18H16O3/c1-3-12-5-4-6-15(11(12)2)17-9-13-7-8-14(19)10-16(13)18(20)21-17/h4-10,19H,3H2,1-2H3. The van der Waals surface area contributed by atoms with Crippen LogP contribution in [0.2, 0.25) is 0 Å². The number of hydrogen-bond acceptors (Lipinski definition) is 3. The maximum Gasteiger partial charge on any atom is 0.344 e. The van der Waals surface area contributed by atoms with Gasteiger partial charge in [0.25, 0.3) is 0 Å². The smallest absolute Gasteiger partial charge is 0.344 e. The summed E-state index contributed by atoms with van der Waals surface area (Å²) in [6, 6.07) is 12.6. The fourth-order valence-corrected chi connectivity index (χ4v) is 2.64. The minimum atomic E-state index is -0.431. The molecule has 0 aliphatic carbocycles. The van der Waals surface area contributed by atoms with Gasteiger partial charge in [0.1, 0.15) is 11.5 Å². The molecule has 3 heteroatoms. The van der Waals surface area contributed by atoms with E-state index in [-0.39, 0.29) is 5.75 Å². The molecule has 3 nitrogen and oxygen atoms in total. The Balaban J connectivity index is 2.27. The van der Waals surface area contributed by atoms with Crippen LogP contribution in [0, 0.1) is 6.92 Å². The van der Waals surface area contributed by atoms with Crippen molar-refractivity contribution in [2.24, 2.45) is 0 Å². The van der Waals surface area contributed by atoms with E-state index in [9.17, 15) is 9.90 Å². The molecule has 106 valence electrons. The van der Waals surface area contributed by atoms with Crippen LogP contribution in [-0.2, 0) is 6.42 Å². The fraction of sp³-hybridized carbons (Fsp3) is 0.167. The molecule has 0 aliphatic heterocycles. The van der Waals surface area contributed by atoms with Crippen LogP contribution in [-0.4, -0.2) is 5.11 Å². The molecule has 0 aliphatic rings. The van der Waals surface area contributed by atoms with Gasteiger partial charge in [0.15, 0.2) is 0 Å². The minimum absolute atomic E-state index is 0.0618. The summed E-state index contributed by atoms with van der Waals surface area (Å²) >= 11 is 0. The highest BCUT2D eigenvalue weighted by molar-refractivity contribution is 5.85. The van der Waals surface area contributed by atoms with Gasteiger partial charge in [0.05, 0.1) is 5.39 Å². The first-order valence-electron chi connectivity index (χ1n) is 6.96. The van der Waals surface area contributed by atoms with Crippen LogP contribution in [0.25, 0.3) is 22.1 Å². The van der Waals surface area contributed by atoms with E-state index in [1.807, 2.05) is 25.1 Å². The molecule has 3 rings (SSSR count). The fourth-order valence-electron chi connectivity index (χ4n) is 2.64. The Morgan fingerprint density at radius 2 is 1.95 bits per heavy atom. The van der Waals surface area contributed by atoms with Crippen molar-refractivity contribution in [3.8, 4) is 17.1 Å². The number of phenols is 1. The van der Waals surface area contributed by atoms with Gasteiger partial charge in [-0.15, -0.1) is 0 Å². The predicted octanol–water partition coefficient (Wildman–Crippen LogP) is 4.04. The molecule has 0 atom stereocenters. The van der Waals surface area contributed by atoms with Crippen LogP contribution in [0.3, 0.4) is 0 Å². The summed E-state index contributed by atoms with van der Waals surface area (Å²) in [6.45, 7) is 4.14. The van der Waals surface area contributed by atoms with E-state index >= 15 is 0 Å². The summed E-state index contributed by atoms with van der Waals surface area (Å²) in [6.07, 6.45) is 0.936. The van der Waals surface area contributed by atoms with E-state index in [4.69, 9.17) is 4.42 Å². The predicted molar refractivity (Wildman–Crippen MR) is 83.7 cm³/mol. The Hall–Kier alpha value is -2.55. The molecule has 0 amide bonds. The average Bonchev–Trinajstić information content (AvgIpc) is 2.48. The van der Waals surface area contributed by atoms with Gasteiger partial charge in [-0.1, -0.05) is 31.2 Å². The molecule has 0 saturated heterocycles. The van der Waals surface area contributed by atoms with E-state index in [1.54, 1.807) is 12.1 Å². The maximum absolute atomic E-state index is 12.1. The van der Waals surface area contributed by atoms with E-state index < -0.39 is 5.63 Å². The molecular formula is C18H16O3. The molecule has 1 aromatic heterocycles. The highest BCUT2D eigenvalue weighted by atomic mass is 16.4. The van der Waals surface area contributed by atoms with Crippen molar-refractivity contribution in [1.82, 2.24) is 0 Å². The lowest BCUT2D eigenvalue weighted by atomic mass is 9.98. The number of aromatic hydroxyl groups is 1. The molecule has 0 saturated carbocycles. The van der Waals surface area contributed by atoms with Crippen LogP contribution >= 0.6 is 0 Å². The molecule has 1 N–H and O–H groups in total. The molecule has 2 aromatic carbocycles. The average molecular weight is 280 g/mol. The van der Waals surface area contributed by atoms with E-state index in [0.29, 0.717) is 11.1 Å². The first-order chi connectivity index (χ1) is 10.1. The molecule has 0 unspecified atom stereocenters. The second kappa shape index (κ2) is 5.09. The zero-order valence-electron chi connectivity index (χ0n) is 12.0. The molecule has 21 heavy (non-hydrogen) atoms. The monoisotopic (exact) mass is 280 g/mol. The number of aryl methyl sites for hydroxylation is 1. The number of hydrogen-bond donors (Lipinski definition) is 1. The summed E-state index contributed by atoms with van der Waals surface area (Å²) in [4.78, 5) is 12.1. The van der Waals surface area contributed by atoms with Crippen molar-refractivity contribution in [3.63, 3.8) is 0 Å². The van der Waals surface area contributed by atoms with Gasteiger partial charge in [-0.25, -0.2) is 4.79 Å². The Labute approximate surface area is 122 Å². The van der Waals surface area contributed by atoms with Crippen molar-refractivity contribution in [2.45, 2.75) is 20.3 Å². The Kier molecular flexibility index (Phi) is 3.26. The molecule has 0 spiro atoms. The largest absolute Gasteiger partial charge is 0.508 e. The lowest BCUT2D eigenvalue weighted by Gasteiger charge is -2.09. The summed E-state index contributed by atoms with van der Waals surface area (Å²) in [5.74, 6) is 0.623. The summed E-state index contributed by atoms with van der Waals surface area (Å²) < 4.78 is 5.45.